The van der Waals surface area contributed by atoms with Crippen molar-refractivity contribution in [3.05, 3.63) is 18.0 Å². The van der Waals surface area contributed by atoms with Crippen molar-refractivity contribution in [2.45, 2.75) is 109 Å². The molecule has 184 valence electrons. The molecule has 1 saturated carbocycles. The standard InChI is InChI=1S/C18H29N5.C9H16O/c1-13(2)22-11-16-3-4-17(12-22)23(16)18-20-9-15(10-21-18)14-5-7-19-8-6-14;1-8(10)7-9-5-3-2-4-6-9/h9-10,13-14,16-17,19H,3-8,11-12H2,1-2H3;9H,2-7H2,1H3. The maximum Gasteiger partial charge on any atom is 0.225 e. The average molecular weight is 456 g/mol. The summed E-state index contributed by atoms with van der Waals surface area (Å²) in [4.78, 5) is 25.4. The van der Waals surface area contributed by atoms with E-state index in [-0.39, 0.29) is 0 Å². The molecular formula is C27H45N5O. The van der Waals surface area contributed by atoms with Crippen LogP contribution < -0.4 is 10.2 Å². The predicted octanol–water partition coefficient (Wildman–Crippen LogP) is 4.55. The van der Waals surface area contributed by atoms with Gasteiger partial charge in [0, 0.05) is 50.0 Å². The van der Waals surface area contributed by atoms with Crippen LogP contribution in [0.15, 0.2) is 12.4 Å². The maximum absolute atomic E-state index is 10.7. The van der Waals surface area contributed by atoms with Gasteiger partial charge in [0.25, 0.3) is 0 Å². The Labute approximate surface area is 200 Å². The lowest BCUT2D eigenvalue weighted by Gasteiger charge is -2.42. The van der Waals surface area contributed by atoms with Crippen LogP contribution in [0.5, 0.6) is 0 Å². The van der Waals surface area contributed by atoms with Gasteiger partial charge in [-0.3, -0.25) is 4.90 Å². The van der Waals surface area contributed by atoms with E-state index in [9.17, 15) is 4.79 Å². The van der Waals surface area contributed by atoms with E-state index in [1.165, 1.54) is 63.4 Å². The fourth-order valence-corrected chi connectivity index (χ4v) is 6.31. The molecule has 1 N–H and O–H groups in total. The number of rotatable bonds is 5. The molecule has 4 aliphatic rings. The summed E-state index contributed by atoms with van der Waals surface area (Å²) in [5.74, 6) is 2.69. The largest absolute Gasteiger partial charge is 0.332 e. The molecule has 0 spiro atoms. The van der Waals surface area contributed by atoms with Gasteiger partial charge in [-0.05, 0) is 76.9 Å². The molecule has 4 heterocycles. The molecule has 1 aromatic heterocycles. The lowest BCUT2D eigenvalue weighted by Crippen LogP contribution is -2.56. The lowest BCUT2D eigenvalue weighted by atomic mass is 9.86. The van der Waals surface area contributed by atoms with Gasteiger partial charge >= 0.3 is 0 Å². The van der Waals surface area contributed by atoms with Gasteiger partial charge < -0.3 is 15.0 Å². The van der Waals surface area contributed by atoms with E-state index in [0.717, 1.165) is 44.5 Å². The van der Waals surface area contributed by atoms with Crippen LogP contribution in [-0.2, 0) is 4.79 Å². The third kappa shape index (κ3) is 6.54. The van der Waals surface area contributed by atoms with E-state index in [1.807, 2.05) is 0 Å². The molecule has 5 rings (SSSR count). The second kappa shape index (κ2) is 11.7. The minimum Gasteiger partial charge on any atom is -0.332 e. The van der Waals surface area contributed by atoms with Gasteiger partial charge in [0.2, 0.25) is 5.95 Å². The van der Waals surface area contributed by atoms with Gasteiger partial charge in [0.05, 0.1) is 0 Å². The normalized spacial score (nSPS) is 26.8. The zero-order valence-electron chi connectivity index (χ0n) is 21.1. The van der Waals surface area contributed by atoms with E-state index in [0.29, 0.717) is 29.8 Å². The topological polar surface area (TPSA) is 61.4 Å². The molecule has 1 aromatic rings. The summed E-state index contributed by atoms with van der Waals surface area (Å²) in [6.45, 7) is 10.9. The number of likely N-dealkylation sites (tertiary alicyclic amines) is 1. The number of anilines is 1. The van der Waals surface area contributed by atoms with Crippen molar-refractivity contribution in [3.63, 3.8) is 0 Å². The average Bonchev–Trinajstić information content (AvgIpc) is 3.09. The number of nitrogens with one attached hydrogen (secondary N) is 1. The number of aromatic nitrogens is 2. The van der Waals surface area contributed by atoms with E-state index in [4.69, 9.17) is 9.97 Å². The molecular weight excluding hydrogens is 410 g/mol. The third-order valence-electron chi connectivity index (χ3n) is 8.24. The number of carbonyl (C=O) groups excluding carboxylic acids is 1. The highest BCUT2D eigenvalue weighted by atomic mass is 16.1. The highest BCUT2D eigenvalue weighted by Gasteiger charge is 2.41. The van der Waals surface area contributed by atoms with Crippen molar-refractivity contribution in [1.29, 1.82) is 0 Å². The summed E-state index contributed by atoms with van der Waals surface area (Å²) >= 11 is 0. The second-order valence-electron chi connectivity index (χ2n) is 11.1. The smallest absolute Gasteiger partial charge is 0.225 e. The second-order valence-corrected chi connectivity index (χ2v) is 11.1. The molecule has 0 amide bonds. The minimum atomic E-state index is 0.368. The van der Waals surface area contributed by atoms with Crippen molar-refractivity contribution in [2.24, 2.45) is 5.92 Å². The third-order valence-corrected chi connectivity index (χ3v) is 8.24. The first kappa shape index (κ1) is 24.6. The summed E-state index contributed by atoms with van der Waals surface area (Å²) < 4.78 is 0. The Morgan fingerprint density at radius 1 is 0.970 bits per heavy atom. The number of fused-ring (bicyclic) bond motifs is 2. The first-order chi connectivity index (χ1) is 16.0. The molecule has 0 radical (unpaired) electrons. The van der Waals surface area contributed by atoms with Gasteiger partial charge in [0.1, 0.15) is 5.78 Å². The van der Waals surface area contributed by atoms with Gasteiger partial charge in [-0.15, -0.1) is 0 Å². The van der Waals surface area contributed by atoms with Crippen molar-refractivity contribution in [2.75, 3.05) is 31.1 Å². The maximum atomic E-state index is 10.7. The number of nitrogens with zero attached hydrogens (tertiary/aromatic N) is 4. The zero-order chi connectivity index (χ0) is 23.2. The Morgan fingerprint density at radius 2 is 1.58 bits per heavy atom. The Bertz CT molecular complexity index is 725. The molecule has 2 bridgehead atoms. The van der Waals surface area contributed by atoms with Crippen LogP contribution in [0.25, 0.3) is 0 Å². The first-order valence-electron chi connectivity index (χ1n) is 13.6. The van der Waals surface area contributed by atoms with E-state index < -0.39 is 0 Å². The van der Waals surface area contributed by atoms with Gasteiger partial charge in [-0.25, -0.2) is 9.97 Å². The van der Waals surface area contributed by atoms with Crippen LogP contribution >= 0.6 is 0 Å². The summed E-state index contributed by atoms with van der Waals surface area (Å²) in [5.41, 5.74) is 1.32. The number of piperazine rings is 1. The van der Waals surface area contributed by atoms with Crippen LogP contribution in [0.1, 0.15) is 96.5 Å². The van der Waals surface area contributed by atoms with Crippen LogP contribution in [-0.4, -0.2) is 65.0 Å². The van der Waals surface area contributed by atoms with E-state index in [1.54, 1.807) is 6.92 Å². The minimum absolute atomic E-state index is 0.368. The SMILES string of the molecule is CC(=O)CC1CCCCC1.CC(C)N1CC2CCC(C1)N2c1ncc(C2CCNCC2)cn1. The van der Waals surface area contributed by atoms with E-state index >= 15 is 0 Å². The van der Waals surface area contributed by atoms with Crippen LogP contribution in [0.3, 0.4) is 0 Å². The summed E-state index contributed by atoms with van der Waals surface area (Å²) in [5, 5.41) is 3.43. The highest BCUT2D eigenvalue weighted by Crippen LogP contribution is 2.34. The fourth-order valence-electron chi connectivity index (χ4n) is 6.31. The lowest BCUT2D eigenvalue weighted by molar-refractivity contribution is -0.118. The Balaban J connectivity index is 0.000000219. The van der Waals surface area contributed by atoms with Gasteiger partial charge in [-0.2, -0.15) is 0 Å². The molecule has 2 unspecified atom stereocenters. The fraction of sp³-hybridized carbons (Fsp3) is 0.815. The molecule has 4 fully saturated rings. The summed E-state index contributed by atoms with van der Waals surface area (Å²) in [6, 6.07) is 1.84. The predicted molar refractivity (Wildman–Crippen MR) is 135 cm³/mol. The Hall–Kier alpha value is -1.53. The van der Waals surface area contributed by atoms with E-state index in [2.05, 4.69) is 41.4 Å². The molecule has 6 heteroatoms. The highest BCUT2D eigenvalue weighted by molar-refractivity contribution is 5.75. The molecule has 3 aliphatic heterocycles. The molecule has 1 aliphatic carbocycles. The van der Waals surface area contributed by atoms with Crippen LogP contribution in [0.2, 0.25) is 0 Å². The number of hydrogen-bond donors (Lipinski definition) is 1. The van der Waals surface area contributed by atoms with Crippen LogP contribution in [0.4, 0.5) is 5.95 Å². The van der Waals surface area contributed by atoms with Gasteiger partial charge in [0.15, 0.2) is 0 Å². The molecule has 2 atom stereocenters. The van der Waals surface area contributed by atoms with Crippen LogP contribution in [0, 0.1) is 5.92 Å². The van der Waals surface area contributed by atoms with Crippen molar-refractivity contribution in [1.82, 2.24) is 20.2 Å². The quantitative estimate of drug-likeness (QED) is 0.703. The molecule has 3 saturated heterocycles. The molecule has 0 aromatic carbocycles. The summed E-state index contributed by atoms with van der Waals surface area (Å²) in [6.07, 6.45) is 16.7. The number of hydrogen-bond acceptors (Lipinski definition) is 6. The monoisotopic (exact) mass is 455 g/mol. The number of piperidine rings is 1. The summed E-state index contributed by atoms with van der Waals surface area (Å²) in [7, 11) is 0. The Morgan fingerprint density at radius 3 is 2.12 bits per heavy atom. The number of carbonyl (C=O) groups is 1. The first-order valence-corrected chi connectivity index (χ1v) is 13.6. The van der Waals surface area contributed by atoms with Crippen molar-refractivity contribution in [3.8, 4) is 0 Å². The molecule has 6 nitrogen and oxygen atoms in total. The number of Topliss-reactive ketones (excluding diaryl/α,β-unsaturated/α-hetero) is 1. The van der Waals surface area contributed by atoms with Crippen molar-refractivity contribution >= 4 is 11.7 Å². The van der Waals surface area contributed by atoms with Crippen molar-refractivity contribution < 1.29 is 4.79 Å². The van der Waals surface area contributed by atoms with Gasteiger partial charge in [-0.1, -0.05) is 32.1 Å². The molecule has 33 heavy (non-hydrogen) atoms. The Kier molecular flexibility index (Phi) is 8.75. The zero-order valence-corrected chi connectivity index (χ0v) is 21.1. The number of ketones is 1.